The van der Waals surface area contributed by atoms with Crippen molar-refractivity contribution in [2.24, 2.45) is 5.10 Å². The van der Waals surface area contributed by atoms with Crippen molar-refractivity contribution in [2.45, 2.75) is 27.7 Å². The number of hydrogen-bond donors (Lipinski definition) is 1. The Morgan fingerprint density at radius 2 is 2.00 bits per heavy atom. The third-order valence-corrected chi connectivity index (χ3v) is 4.26. The Kier molecular flexibility index (Phi) is 7.40. The molecule has 2 rings (SSSR count). The molecule has 1 heterocycles. The van der Waals surface area contributed by atoms with Crippen LogP contribution in [0.2, 0.25) is 0 Å². The molecule has 7 nitrogen and oxygen atoms in total. The van der Waals surface area contributed by atoms with Gasteiger partial charge in [0.2, 0.25) is 5.13 Å². The van der Waals surface area contributed by atoms with Gasteiger partial charge in [-0.1, -0.05) is 11.3 Å². The van der Waals surface area contributed by atoms with Crippen LogP contribution >= 0.6 is 11.3 Å². The van der Waals surface area contributed by atoms with Gasteiger partial charge in [-0.15, -0.1) is 0 Å². The molecule has 0 aliphatic heterocycles. The van der Waals surface area contributed by atoms with Crippen molar-refractivity contribution in [3.8, 4) is 11.5 Å². The van der Waals surface area contributed by atoms with Crippen molar-refractivity contribution >= 4 is 28.7 Å². The van der Waals surface area contributed by atoms with E-state index < -0.39 is 0 Å². The highest BCUT2D eigenvalue weighted by Gasteiger charge is 2.16. The summed E-state index contributed by atoms with van der Waals surface area (Å²) in [7, 11) is 0. The smallest absolute Gasteiger partial charge is 0.350 e. The number of benzene rings is 1. The van der Waals surface area contributed by atoms with E-state index in [1.807, 2.05) is 32.0 Å². The van der Waals surface area contributed by atoms with Crippen molar-refractivity contribution in [3.05, 3.63) is 34.3 Å². The van der Waals surface area contributed by atoms with E-state index in [9.17, 15) is 4.79 Å². The van der Waals surface area contributed by atoms with E-state index in [1.165, 1.54) is 11.3 Å². The molecule has 0 atom stereocenters. The van der Waals surface area contributed by atoms with Crippen LogP contribution in [0.5, 0.6) is 11.5 Å². The first-order valence-electron chi connectivity index (χ1n) is 8.42. The van der Waals surface area contributed by atoms with E-state index in [2.05, 4.69) is 15.5 Å². The predicted molar refractivity (Wildman–Crippen MR) is 103 cm³/mol. The third-order valence-electron chi connectivity index (χ3n) is 3.22. The Balaban J connectivity index is 2.10. The zero-order valence-corrected chi connectivity index (χ0v) is 16.2. The number of aromatic nitrogens is 1. The Bertz CT molecular complexity index is 774. The molecule has 0 aliphatic rings. The summed E-state index contributed by atoms with van der Waals surface area (Å²) in [6.45, 7) is 8.84. The molecule has 0 aliphatic carbocycles. The SMILES string of the molecule is CCOC(=O)c1sc(N/N=C\c2ccc(OCC)cc2OCC)nc1C. The number of nitrogens with one attached hydrogen (secondary N) is 1. The first kappa shape index (κ1) is 19.7. The summed E-state index contributed by atoms with van der Waals surface area (Å²) in [5, 5.41) is 4.71. The van der Waals surface area contributed by atoms with Crippen LogP contribution in [-0.4, -0.2) is 37.0 Å². The van der Waals surface area contributed by atoms with Gasteiger partial charge < -0.3 is 14.2 Å². The second-order valence-corrected chi connectivity index (χ2v) is 6.09. The third kappa shape index (κ3) is 5.19. The molecule has 140 valence electrons. The Morgan fingerprint density at radius 1 is 1.23 bits per heavy atom. The van der Waals surface area contributed by atoms with Gasteiger partial charge in [0.25, 0.3) is 0 Å². The van der Waals surface area contributed by atoms with E-state index in [-0.39, 0.29) is 5.97 Å². The number of carbonyl (C=O) groups is 1. The van der Waals surface area contributed by atoms with Gasteiger partial charge in [0.1, 0.15) is 16.4 Å². The highest BCUT2D eigenvalue weighted by molar-refractivity contribution is 7.17. The number of carbonyl (C=O) groups excluding carboxylic acids is 1. The van der Waals surface area contributed by atoms with E-state index >= 15 is 0 Å². The highest BCUT2D eigenvalue weighted by Crippen LogP contribution is 2.25. The fourth-order valence-corrected chi connectivity index (χ4v) is 2.96. The van der Waals surface area contributed by atoms with Gasteiger partial charge in [0, 0.05) is 11.6 Å². The monoisotopic (exact) mass is 377 g/mol. The molecular formula is C18H23N3O4S. The minimum atomic E-state index is -0.371. The van der Waals surface area contributed by atoms with Crippen molar-refractivity contribution in [1.82, 2.24) is 4.98 Å². The molecule has 0 amide bonds. The number of hydrogen-bond acceptors (Lipinski definition) is 8. The van der Waals surface area contributed by atoms with E-state index in [1.54, 1.807) is 20.1 Å². The van der Waals surface area contributed by atoms with Gasteiger partial charge in [0.05, 0.1) is 31.7 Å². The molecule has 1 aromatic heterocycles. The minimum absolute atomic E-state index is 0.328. The Morgan fingerprint density at radius 3 is 2.69 bits per heavy atom. The number of thiazole rings is 1. The molecule has 1 N–H and O–H groups in total. The lowest BCUT2D eigenvalue weighted by molar-refractivity contribution is 0.0531. The van der Waals surface area contributed by atoms with Gasteiger partial charge in [-0.25, -0.2) is 9.78 Å². The zero-order chi connectivity index (χ0) is 18.9. The molecule has 2 aromatic rings. The first-order chi connectivity index (χ1) is 12.6. The molecule has 1 aromatic carbocycles. The van der Waals surface area contributed by atoms with Crippen LogP contribution in [0, 0.1) is 6.92 Å². The standard InChI is InChI=1S/C18H23N3O4S/c1-5-23-14-9-8-13(15(10-14)24-6-2)11-19-21-18-20-12(4)16(26-18)17(22)25-7-3/h8-11H,5-7H2,1-4H3,(H,20,21)/b19-11-. The van der Waals surface area contributed by atoms with Gasteiger partial charge in [-0.2, -0.15) is 5.10 Å². The van der Waals surface area contributed by atoms with Crippen LogP contribution in [-0.2, 0) is 4.74 Å². The predicted octanol–water partition coefficient (Wildman–Crippen LogP) is 3.87. The molecule has 8 heteroatoms. The molecule has 26 heavy (non-hydrogen) atoms. The number of nitrogens with zero attached hydrogens (tertiary/aromatic N) is 2. The van der Waals surface area contributed by atoms with Gasteiger partial charge in [0.15, 0.2) is 0 Å². The summed E-state index contributed by atoms with van der Waals surface area (Å²) in [5.74, 6) is 1.06. The van der Waals surface area contributed by atoms with Crippen LogP contribution in [0.4, 0.5) is 5.13 Å². The van der Waals surface area contributed by atoms with Crippen LogP contribution in [0.15, 0.2) is 23.3 Å². The summed E-state index contributed by atoms with van der Waals surface area (Å²) in [6, 6.07) is 5.57. The largest absolute Gasteiger partial charge is 0.494 e. The fraction of sp³-hybridized carbons (Fsp3) is 0.389. The number of rotatable bonds is 9. The molecule has 0 radical (unpaired) electrons. The van der Waals surface area contributed by atoms with Crippen molar-refractivity contribution in [1.29, 1.82) is 0 Å². The first-order valence-corrected chi connectivity index (χ1v) is 9.23. The number of hydrazone groups is 1. The lowest BCUT2D eigenvalue weighted by Gasteiger charge is -2.09. The van der Waals surface area contributed by atoms with Crippen LogP contribution < -0.4 is 14.9 Å². The van der Waals surface area contributed by atoms with E-state index in [0.29, 0.717) is 41.3 Å². The second-order valence-electron chi connectivity index (χ2n) is 5.09. The summed E-state index contributed by atoms with van der Waals surface area (Å²) >= 11 is 1.20. The Hall–Kier alpha value is -2.61. The van der Waals surface area contributed by atoms with Gasteiger partial charge >= 0.3 is 5.97 Å². The quantitative estimate of drug-likeness (QED) is 0.406. The van der Waals surface area contributed by atoms with Gasteiger partial charge in [-0.3, -0.25) is 5.43 Å². The normalized spacial score (nSPS) is 10.8. The van der Waals surface area contributed by atoms with Crippen molar-refractivity contribution < 1.29 is 19.0 Å². The second kappa shape index (κ2) is 9.76. The van der Waals surface area contributed by atoms with Crippen LogP contribution in [0.1, 0.15) is 41.7 Å². The van der Waals surface area contributed by atoms with Gasteiger partial charge in [-0.05, 0) is 39.8 Å². The average Bonchev–Trinajstić information content (AvgIpc) is 2.98. The van der Waals surface area contributed by atoms with Crippen molar-refractivity contribution in [2.75, 3.05) is 25.2 Å². The zero-order valence-electron chi connectivity index (χ0n) is 15.4. The molecular weight excluding hydrogens is 354 g/mol. The number of aryl methyl sites for hydroxylation is 1. The maximum Gasteiger partial charge on any atom is 0.350 e. The van der Waals surface area contributed by atoms with E-state index in [4.69, 9.17) is 14.2 Å². The number of anilines is 1. The molecule has 0 saturated carbocycles. The fourth-order valence-electron chi connectivity index (χ4n) is 2.15. The summed E-state index contributed by atoms with van der Waals surface area (Å²) in [4.78, 5) is 16.6. The number of esters is 1. The molecule has 0 spiro atoms. The van der Waals surface area contributed by atoms with Crippen LogP contribution in [0.25, 0.3) is 0 Å². The maximum absolute atomic E-state index is 11.8. The minimum Gasteiger partial charge on any atom is -0.494 e. The summed E-state index contributed by atoms with van der Waals surface area (Å²) < 4.78 is 16.1. The molecule has 0 bridgehead atoms. The summed E-state index contributed by atoms with van der Waals surface area (Å²) in [6.07, 6.45) is 1.64. The molecule has 0 fully saturated rings. The topological polar surface area (TPSA) is 82.0 Å². The van der Waals surface area contributed by atoms with Crippen molar-refractivity contribution in [3.63, 3.8) is 0 Å². The maximum atomic E-state index is 11.8. The Labute approximate surface area is 157 Å². The lowest BCUT2D eigenvalue weighted by atomic mass is 10.2. The molecule has 0 saturated heterocycles. The lowest BCUT2D eigenvalue weighted by Crippen LogP contribution is -2.03. The average molecular weight is 377 g/mol. The number of ether oxygens (including phenoxy) is 3. The molecule has 0 unspecified atom stereocenters. The van der Waals surface area contributed by atoms with Crippen LogP contribution in [0.3, 0.4) is 0 Å². The summed E-state index contributed by atoms with van der Waals surface area (Å²) in [5.41, 5.74) is 4.26. The highest BCUT2D eigenvalue weighted by atomic mass is 32.1. The van der Waals surface area contributed by atoms with E-state index in [0.717, 1.165) is 11.3 Å².